The Morgan fingerprint density at radius 3 is 3.07 bits per heavy atom. The molecular formula is C9H9NO4. The molecule has 3 N–H and O–H groups in total. The molecule has 0 radical (unpaired) electrons. The van der Waals surface area contributed by atoms with Gasteiger partial charge in [0.15, 0.2) is 11.5 Å². The van der Waals surface area contributed by atoms with Gasteiger partial charge < -0.3 is 20.3 Å². The molecule has 1 aromatic rings. The van der Waals surface area contributed by atoms with Crippen LogP contribution in [0.25, 0.3) is 0 Å². The van der Waals surface area contributed by atoms with Crippen molar-refractivity contribution in [2.75, 3.05) is 12.3 Å². The molecule has 1 aliphatic heterocycles. The molecule has 0 fully saturated rings. The number of hydrogen-bond acceptors (Lipinski definition) is 4. The van der Waals surface area contributed by atoms with Gasteiger partial charge in [-0.2, -0.15) is 0 Å². The number of carboxylic acid groups (broad SMARTS) is 1. The topological polar surface area (TPSA) is 81.8 Å². The maximum atomic E-state index is 10.4. The van der Waals surface area contributed by atoms with E-state index in [0.717, 1.165) is 12.0 Å². The van der Waals surface area contributed by atoms with Crippen LogP contribution in [0.4, 0.5) is 10.5 Å². The van der Waals surface area contributed by atoms with E-state index < -0.39 is 6.16 Å². The number of nitrogen functional groups attached to an aromatic ring is 1. The van der Waals surface area contributed by atoms with Crippen LogP contribution in [0.1, 0.15) is 5.56 Å². The third kappa shape index (κ3) is 1.44. The van der Waals surface area contributed by atoms with Crippen molar-refractivity contribution < 1.29 is 19.4 Å². The van der Waals surface area contributed by atoms with Crippen molar-refractivity contribution in [1.82, 2.24) is 0 Å². The van der Waals surface area contributed by atoms with E-state index in [2.05, 4.69) is 4.74 Å². The lowest BCUT2D eigenvalue weighted by molar-refractivity contribution is 0.142. The lowest BCUT2D eigenvalue weighted by Gasteiger charge is -2.07. The molecule has 74 valence electrons. The van der Waals surface area contributed by atoms with Gasteiger partial charge in [0, 0.05) is 23.7 Å². The first kappa shape index (κ1) is 8.68. The van der Waals surface area contributed by atoms with Gasteiger partial charge in [0.05, 0.1) is 6.61 Å². The summed E-state index contributed by atoms with van der Waals surface area (Å²) in [5.74, 6) is 0.659. The molecule has 0 spiro atoms. The highest BCUT2D eigenvalue weighted by molar-refractivity contribution is 5.67. The summed E-state index contributed by atoms with van der Waals surface area (Å²) in [6.07, 6.45) is -0.635. The summed E-state index contributed by atoms with van der Waals surface area (Å²) >= 11 is 0. The van der Waals surface area contributed by atoms with Gasteiger partial charge in [0.2, 0.25) is 0 Å². The highest BCUT2D eigenvalue weighted by atomic mass is 16.7. The smallest absolute Gasteiger partial charge is 0.489 e. The summed E-state index contributed by atoms with van der Waals surface area (Å²) in [7, 11) is 0. The van der Waals surface area contributed by atoms with Gasteiger partial charge in [-0.3, -0.25) is 0 Å². The molecule has 5 nitrogen and oxygen atoms in total. The van der Waals surface area contributed by atoms with Crippen molar-refractivity contribution in [3.05, 3.63) is 17.7 Å². The number of hydrogen-bond donors (Lipinski definition) is 2. The van der Waals surface area contributed by atoms with Crippen LogP contribution in [0, 0.1) is 0 Å². The van der Waals surface area contributed by atoms with E-state index in [4.69, 9.17) is 15.6 Å². The maximum absolute atomic E-state index is 10.4. The molecule has 0 saturated carbocycles. The second kappa shape index (κ2) is 3.10. The van der Waals surface area contributed by atoms with Crippen LogP contribution < -0.4 is 15.2 Å². The first-order valence-electron chi connectivity index (χ1n) is 4.13. The third-order valence-electron chi connectivity index (χ3n) is 1.97. The number of rotatable bonds is 1. The average molecular weight is 195 g/mol. The van der Waals surface area contributed by atoms with Crippen molar-refractivity contribution in [3.8, 4) is 11.5 Å². The Morgan fingerprint density at radius 2 is 2.36 bits per heavy atom. The van der Waals surface area contributed by atoms with Crippen molar-refractivity contribution in [1.29, 1.82) is 0 Å². The zero-order valence-electron chi connectivity index (χ0n) is 7.32. The molecule has 1 aromatic carbocycles. The monoisotopic (exact) mass is 195 g/mol. The molecule has 2 rings (SSSR count). The molecule has 0 aromatic heterocycles. The summed E-state index contributed by atoms with van der Waals surface area (Å²) in [6, 6.07) is 3.20. The highest BCUT2D eigenvalue weighted by Gasteiger charge is 2.19. The van der Waals surface area contributed by atoms with E-state index >= 15 is 0 Å². The lowest BCUT2D eigenvalue weighted by atomic mass is 10.1. The van der Waals surface area contributed by atoms with E-state index in [1.54, 1.807) is 6.07 Å². The minimum absolute atomic E-state index is 0.171. The van der Waals surface area contributed by atoms with Gasteiger partial charge in [0.1, 0.15) is 0 Å². The molecule has 0 aliphatic carbocycles. The number of ether oxygens (including phenoxy) is 2. The number of fused-ring (bicyclic) bond motifs is 1. The predicted molar refractivity (Wildman–Crippen MR) is 48.7 cm³/mol. The Hall–Kier alpha value is -1.91. The van der Waals surface area contributed by atoms with Gasteiger partial charge in [-0.1, -0.05) is 0 Å². The molecule has 1 aliphatic rings. The fraction of sp³-hybridized carbons (Fsp3) is 0.222. The molecule has 0 amide bonds. The molecule has 0 unspecified atom stereocenters. The van der Waals surface area contributed by atoms with Gasteiger partial charge in [-0.25, -0.2) is 4.79 Å². The summed E-state index contributed by atoms with van der Waals surface area (Å²) in [5.41, 5.74) is 6.95. The number of nitrogens with two attached hydrogens (primary N) is 1. The van der Waals surface area contributed by atoms with E-state index in [9.17, 15) is 4.79 Å². The third-order valence-corrected chi connectivity index (χ3v) is 1.97. The van der Waals surface area contributed by atoms with Crippen LogP contribution in [0.15, 0.2) is 12.1 Å². The quantitative estimate of drug-likeness (QED) is 0.400. The minimum Gasteiger partial charge on any atom is -0.489 e. The van der Waals surface area contributed by atoms with Crippen LogP contribution in [0.2, 0.25) is 0 Å². The highest BCUT2D eigenvalue weighted by Crippen LogP contribution is 2.37. The summed E-state index contributed by atoms with van der Waals surface area (Å²) < 4.78 is 9.79. The predicted octanol–water partition coefficient (Wildman–Crippen LogP) is 1.26. The Kier molecular flexibility index (Phi) is 1.92. The number of anilines is 1. The number of carbonyl (C=O) groups is 1. The largest absolute Gasteiger partial charge is 0.511 e. The van der Waals surface area contributed by atoms with Crippen LogP contribution in [0.3, 0.4) is 0 Å². The summed E-state index contributed by atoms with van der Waals surface area (Å²) in [5, 5.41) is 8.47. The fourth-order valence-corrected chi connectivity index (χ4v) is 1.47. The zero-order valence-corrected chi connectivity index (χ0v) is 7.32. The van der Waals surface area contributed by atoms with Crippen LogP contribution in [0.5, 0.6) is 11.5 Å². The van der Waals surface area contributed by atoms with Crippen LogP contribution in [-0.4, -0.2) is 17.9 Å². The fourth-order valence-electron chi connectivity index (χ4n) is 1.47. The first-order chi connectivity index (χ1) is 6.66. The van der Waals surface area contributed by atoms with Crippen LogP contribution in [-0.2, 0) is 6.42 Å². The molecule has 0 saturated heterocycles. The van der Waals surface area contributed by atoms with E-state index in [-0.39, 0.29) is 5.75 Å². The Labute approximate surface area is 80.0 Å². The molecule has 0 atom stereocenters. The average Bonchev–Trinajstić information content (AvgIpc) is 2.50. The van der Waals surface area contributed by atoms with E-state index in [0.29, 0.717) is 18.0 Å². The normalized spacial score (nSPS) is 13.1. The second-order valence-electron chi connectivity index (χ2n) is 2.97. The molecular weight excluding hydrogens is 186 g/mol. The molecule has 5 heteroatoms. The summed E-state index contributed by atoms with van der Waals surface area (Å²) in [6.45, 7) is 0.536. The van der Waals surface area contributed by atoms with Gasteiger partial charge in [-0.15, -0.1) is 0 Å². The Morgan fingerprint density at radius 1 is 1.57 bits per heavy atom. The Bertz CT molecular complexity index is 389. The SMILES string of the molecule is Nc1cc2c(c(OC(=O)O)c1)OCC2. The molecule has 14 heavy (non-hydrogen) atoms. The second-order valence-corrected chi connectivity index (χ2v) is 2.97. The van der Waals surface area contributed by atoms with E-state index in [1.165, 1.54) is 6.07 Å². The first-order valence-corrected chi connectivity index (χ1v) is 4.13. The van der Waals surface area contributed by atoms with Gasteiger partial charge >= 0.3 is 6.16 Å². The number of benzene rings is 1. The van der Waals surface area contributed by atoms with Crippen LogP contribution >= 0.6 is 0 Å². The maximum Gasteiger partial charge on any atom is 0.511 e. The van der Waals surface area contributed by atoms with Crippen molar-refractivity contribution >= 4 is 11.8 Å². The molecule has 0 bridgehead atoms. The van der Waals surface area contributed by atoms with E-state index in [1.807, 2.05) is 0 Å². The summed E-state index contributed by atoms with van der Waals surface area (Å²) in [4.78, 5) is 10.4. The van der Waals surface area contributed by atoms with Gasteiger partial charge in [0.25, 0.3) is 0 Å². The Balaban J connectivity index is 2.43. The van der Waals surface area contributed by atoms with Crippen molar-refractivity contribution in [2.24, 2.45) is 0 Å². The lowest BCUT2D eigenvalue weighted by Crippen LogP contribution is -2.04. The van der Waals surface area contributed by atoms with Crippen molar-refractivity contribution in [3.63, 3.8) is 0 Å². The minimum atomic E-state index is -1.37. The standard InChI is InChI=1S/C9H9NO4/c10-6-3-5-1-2-13-8(5)7(4-6)14-9(11)12/h3-4H,1-2,10H2,(H,11,12). The molecule has 1 heterocycles. The zero-order chi connectivity index (χ0) is 10.1. The van der Waals surface area contributed by atoms with Crippen molar-refractivity contribution in [2.45, 2.75) is 6.42 Å². The van der Waals surface area contributed by atoms with Gasteiger partial charge in [-0.05, 0) is 6.07 Å².